The summed E-state index contributed by atoms with van der Waals surface area (Å²) in [5.74, 6) is -0.867. The number of fused-ring (bicyclic) bond motifs is 3. The van der Waals surface area contributed by atoms with Crippen LogP contribution in [0.25, 0.3) is 0 Å². The first-order chi connectivity index (χ1) is 19.2. The molecule has 2 aromatic rings. The molecule has 2 amide bonds. The Hall–Kier alpha value is -3.37. The molecule has 1 heterocycles. The molecule has 40 heavy (non-hydrogen) atoms. The Balaban J connectivity index is 1.54. The van der Waals surface area contributed by atoms with E-state index in [1.54, 1.807) is 18.2 Å². The largest absolute Gasteiger partial charge is 0.486 e. The Morgan fingerprint density at radius 3 is 2.40 bits per heavy atom. The number of ether oxygens (including phenoxy) is 1. The van der Waals surface area contributed by atoms with E-state index in [2.05, 4.69) is 5.32 Å². The Labute approximate surface area is 230 Å². The van der Waals surface area contributed by atoms with Crippen molar-refractivity contribution in [1.82, 2.24) is 10.2 Å². The first-order valence-electron chi connectivity index (χ1n) is 13.7. The zero-order chi connectivity index (χ0) is 28.4. The molecule has 2 aliphatic carbocycles. The van der Waals surface area contributed by atoms with Gasteiger partial charge in [0.1, 0.15) is 18.0 Å². The lowest BCUT2D eigenvalue weighted by Crippen LogP contribution is -2.56. The van der Waals surface area contributed by atoms with Crippen molar-refractivity contribution in [3.05, 3.63) is 76.9 Å². The van der Waals surface area contributed by atoms with Crippen molar-refractivity contribution in [2.45, 2.75) is 62.4 Å². The van der Waals surface area contributed by atoms with Crippen LogP contribution in [0.15, 0.2) is 60.2 Å². The van der Waals surface area contributed by atoms with Crippen molar-refractivity contribution in [2.75, 3.05) is 19.7 Å². The standard InChI is InChI=1S/C30H33F3N2O5/c31-30(32,33)20-12-10-19(11-13-20)29(39)35(17-18-6-2-1-3-7-18)23-16-22(28(38)34-14-15-36)25-21-8-4-5-9-24(21)40-27(25)26(23)37/h4-5,8-13,16,18,23,25-27,36-37H,1-3,6-7,14-15,17H2,(H,34,38)/t23-,25+,26+,27+/m1/s1. The number of carbonyl (C=O) groups is 2. The highest BCUT2D eigenvalue weighted by atomic mass is 19.4. The summed E-state index contributed by atoms with van der Waals surface area (Å²) in [6.07, 6.45) is -0.100. The normalized spacial score (nSPS) is 24.4. The molecule has 2 aromatic carbocycles. The van der Waals surface area contributed by atoms with Gasteiger partial charge in [-0.1, -0.05) is 37.5 Å². The first-order valence-corrected chi connectivity index (χ1v) is 13.7. The maximum absolute atomic E-state index is 13.9. The number of nitrogens with zero attached hydrogens (tertiary/aromatic N) is 1. The van der Waals surface area contributed by atoms with Crippen molar-refractivity contribution < 1.29 is 37.7 Å². The third-order valence-corrected chi connectivity index (χ3v) is 8.14. The molecule has 0 radical (unpaired) electrons. The Kier molecular flexibility index (Phi) is 8.19. The van der Waals surface area contributed by atoms with Crippen LogP contribution < -0.4 is 10.1 Å². The topological polar surface area (TPSA) is 99.1 Å². The number of rotatable bonds is 7. The fourth-order valence-corrected chi connectivity index (χ4v) is 6.15. The van der Waals surface area contributed by atoms with Crippen molar-refractivity contribution in [3.63, 3.8) is 0 Å². The molecule has 1 aliphatic heterocycles. The zero-order valence-electron chi connectivity index (χ0n) is 21.9. The summed E-state index contributed by atoms with van der Waals surface area (Å²) in [7, 11) is 0. The first kappa shape index (κ1) is 28.2. The molecule has 3 aliphatic rings. The minimum absolute atomic E-state index is 0.0273. The van der Waals surface area contributed by atoms with Crippen LogP contribution in [0.4, 0.5) is 13.2 Å². The number of carbonyl (C=O) groups excluding carboxylic acids is 2. The Morgan fingerprint density at radius 2 is 1.73 bits per heavy atom. The van der Waals surface area contributed by atoms with E-state index in [1.807, 2.05) is 12.1 Å². The number of halogens is 3. The lowest BCUT2D eigenvalue weighted by atomic mass is 9.77. The fourth-order valence-electron chi connectivity index (χ4n) is 6.15. The average Bonchev–Trinajstić information content (AvgIpc) is 3.35. The lowest BCUT2D eigenvalue weighted by Gasteiger charge is -2.42. The Morgan fingerprint density at radius 1 is 1.02 bits per heavy atom. The van der Waals surface area contributed by atoms with Gasteiger partial charge in [0, 0.05) is 29.8 Å². The fraction of sp³-hybridized carbons (Fsp3) is 0.467. The highest BCUT2D eigenvalue weighted by Crippen LogP contribution is 2.47. The number of benzene rings is 2. The summed E-state index contributed by atoms with van der Waals surface area (Å²) >= 11 is 0. The summed E-state index contributed by atoms with van der Waals surface area (Å²) in [4.78, 5) is 28.7. The highest BCUT2D eigenvalue weighted by Gasteiger charge is 2.50. The number of aliphatic hydroxyl groups excluding tert-OH is 2. The number of alkyl halides is 3. The monoisotopic (exact) mass is 558 g/mol. The summed E-state index contributed by atoms with van der Waals surface area (Å²) in [6.45, 7) is 0.0555. The van der Waals surface area contributed by atoms with Crippen molar-refractivity contribution in [3.8, 4) is 5.75 Å². The van der Waals surface area contributed by atoms with Crippen LogP contribution in [0.2, 0.25) is 0 Å². The second kappa shape index (κ2) is 11.6. The quantitative estimate of drug-likeness (QED) is 0.476. The van der Waals surface area contributed by atoms with Gasteiger partial charge < -0.3 is 25.2 Å². The van der Waals surface area contributed by atoms with E-state index in [0.717, 1.165) is 61.9 Å². The van der Waals surface area contributed by atoms with Crippen LogP contribution in [0, 0.1) is 5.92 Å². The number of nitrogens with one attached hydrogen (secondary N) is 1. The summed E-state index contributed by atoms with van der Waals surface area (Å²) in [5, 5.41) is 23.6. The van der Waals surface area contributed by atoms with Crippen LogP contribution in [-0.2, 0) is 11.0 Å². The van der Waals surface area contributed by atoms with Gasteiger partial charge in [-0.25, -0.2) is 0 Å². The predicted octanol–water partition coefficient (Wildman–Crippen LogP) is 4.05. The maximum atomic E-state index is 13.9. The lowest BCUT2D eigenvalue weighted by molar-refractivity contribution is -0.137. The van der Waals surface area contributed by atoms with Gasteiger partial charge in [0.05, 0.1) is 24.1 Å². The van der Waals surface area contributed by atoms with Gasteiger partial charge in [-0.2, -0.15) is 13.2 Å². The van der Waals surface area contributed by atoms with Gasteiger partial charge in [0.25, 0.3) is 5.91 Å². The molecular weight excluding hydrogens is 525 g/mol. The van der Waals surface area contributed by atoms with Gasteiger partial charge in [-0.3, -0.25) is 9.59 Å². The van der Waals surface area contributed by atoms with Gasteiger partial charge in [-0.05, 0) is 55.2 Å². The molecule has 1 saturated carbocycles. The number of hydrogen-bond donors (Lipinski definition) is 3. The van der Waals surface area contributed by atoms with Crippen molar-refractivity contribution in [2.24, 2.45) is 5.92 Å². The molecule has 0 spiro atoms. The molecule has 7 nitrogen and oxygen atoms in total. The summed E-state index contributed by atoms with van der Waals surface area (Å²) in [5.41, 5.74) is 0.257. The molecular formula is C30H33F3N2O5. The second-order valence-electron chi connectivity index (χ2n) is 10.7. The van der Waals surface area contributed by atoms with E-state index < -0.39 is 47.7 Å². The van der Waals surface area contributed by atoms with E-state index >= 15 is 0 Å². The SMILES string of the molecule is O=C(NCCO)C1=C[C@@H](N(CC2CCCCC2)C(=O)c2ccc(C(F)(F)F)cc2)[C@H](O)[C@H]2Oc3ccccc3[C@@H]12. The van der Waals surface area contributed by atoms with E-state index in [4.69, 9.17) is 4.74 Å². The van der Waals surface area contributed by atoms with Crippen molar-refractivity contribution in [1.29, 1.82) is 0 Å². The smallest absolute Gasteiger partial charge is 0.416 e. The van der Waals surface area contributed by atoms with E-state index in [0.29, 0.717) is 11.3 Å². The van der Waals surface area contributed by atoms with Gasteiger partial charge >= 0.3 is 6.18 Å². The minimum Gasteiger partial charge on any atom is -0.486 e. The van der Waals surface area contributed by atoms with Gasteiger partial charge in [-0.15, -0.1) is 0 Å². The van der Waals surface area contributed by atoms with Crippen LogP contribution in [-0.4, -0.2) is 64.9 Å². The average molecular weight is 559 g/mol. The van der Waals surface area contributed by atoms with Crippen LogP contribution in [0.1, 0.15) is 59.5 Å². The van der Waals surface area contributed by atoms with E-state index in [9.17, 15) is 33.0 Å². The molecule has 10 heteroatoms. The number of hydrogen-bond acceptors (Lipinski definition) is 5. The third kappa shape index (κ3) is 5.60. The van der Waals surface area contributed by atoms with Crippen LogP contribution >= 0.6 is 0 Å². The van der Waals surface area contributed by atoms with Crippen LogP contribution in [0.3, 0.4) is 0 Å². The molecule has 3 N–H and O–H groups in total. The Bertz CT molecular complexity index is 1260. The molecule has 4 atom stereocenters. The molecule has 0 unspecified atom stereocenters. The molecule has 5 rings (SSSR count). The molecule has 0 saturated heterocycles. The predicted molar refractivity (Wildman–Crippen MR) is 141 cm³/mol. The van der Waals surface area contributed by atoms with Crippen molar-refractivity contribution >= 4 is 11.8 Å². The zero-order valence-corrected chi connectivity index (χ0v) is 21.9. The van der Waals surface area contributed by atoms with Gasteiger partial charge in [0.15, 0.2) is 0 Å². The van der Waals surface area contributed by atoms with E-state index in [1.165, 1.54) is 4.90 Å². The molecule has 0 bridgehead atoms. The summed E-state index contributed by atoms with van der Waals surface area (Å²) < 4.78 is 45.6. The van der Waals surface area contributed by atoms with E-state index in [-0.39, 0.29) is 31.2 Å². The molecule has 1 fully saturated rings. The second-order valence-corrected chi connectivity index (χ2v) is 10.7. The third-order valence-electron chi connectivity index (χ3n) is 8.14. The van der Waals surface area contributed by atoms with Gasteiger partial charge in [0.2, 0.25) is 5.91 Å². The number of amides is 2. The summed E-state index contributed by atoms with van der Waals surface area (Å²) in [6, 6.07) is 10.3. The maximum Gasteiger partial charge on any atom is 0.416 e. The number of para-hydroxylation sites is 1. The van der Waals surface area contributed by atoms with Crippen LogP contribution in [0.5, 0.6) is 5.75 Å². The minimum atomic E-state index is -4.54. The molecule has 214 valence electrons. The molecule has 0 aromatic heterocycles. The highest BCUT2D eigenvalue weighted by molar-refractivity contribution is 5.97. The number of aliphatic hydroxyl groups is 2.